The molecule has 1 aromatic carbocycles. The third-order valence-corrected chi connectivity index (χ3v) is 8.65. The lowest BCUT2D eigenvalue weighted by atomic mass is 10.2. The highest BCUT2D eigenvalue weighted by Crippen LogP contribution is 2.35. The number of nitrogens with zero attached hydrogens (tertiary/aromatic N) is 3. The lowest BCUT2D eigenvalue weighted by Gasteiger charge is -2.15. The molecule has 0 unspecified atom stereocenters. The topological polar surface area (TPSA) is 111 Å². The molecular weight excluding hydrogens is 464 g/mol. The van der Waals surface area contributed by atoms with Crippen LogP contribution in [0.1, 0.15) is 39.5 Å². The van der Waals surface area contributed by atoms with Crippen molar-refractivity contribution in [2.24, 2.45) is 0 Å². The van der Waals surface area contributed by atoms with Gasteiger partial charge >= 0.3 is 0 Å². The largest absolute Gasteiger partial charge is 0.480 e. The quantitative estimate of drug-likeness (QED) is 0.517. The molecule has 2 aromatic heterocycles. The summed E-state index contributed by atoms with van der Waals surface area (Å²) in [7, 11) is -0.358. The SMILES string of the molecule is COCc1nc(OC)c2c(C)c(C(=O)NCc3ccc(S(=O)(=O)N4CCCC4)cc3)sc2n1. The molecule has 4 rings (SSSR count). The molecule has 1 saturated heterocycles. The summed E-state index contributed by atoms with van der Waals surface area (Å²) < 4.78 is 37.4. The summed E-state index contributed by atoms with van der Waals surface area (Å²) in [6.45, 7) is 3.49. The van der Waals surface area contributed by atoms with Crippen molar-refractivity contribution < 1.29 is 22.7 Å². The molecule has 0 bridgehead atoms. The number of fused-ring (bicyclic) bond motifs is 1. The number of methoxy groups -OCH3 is 2. The fraction of sp³-hybridized carbons (Fsp3) is 0.409. The molecule has 0 spiro atoms. The highest BCUT2D eigenvalue weighted by Gasteiger charge is 2.27. The van der Waals surface area contributed by atoms with Gasteiger partial charge in [0.15, 0.2) is 5.82 Å². The normalized spacial score (nSPS) is 14.6. The number of aryl methyl sites for hydroxylation is 1. The van der Waals surface area contributed by atoms with Gasteiger partial charge in [-0.15, -0.1) is 11.3 Å². The molecule has 3 heterocycles. The maximum atomic E-state index is 12.9. The van der Waals surface area contributed by atoms with Crippen LogP contribution in [0.15, 0.2) is 29.2 Å². The van der Waals surface area contributed by atoms with Gasteiger partial charge in [0.2, 0.25) is 15.9 Å². The van der Waals surface area contributed by atoms with E-state index in [0.717, 1.165) is 24.0 Å². The van der Waals surface area contributed by atoms with Crippen LogP contribution in [0, 0.1) is 6.92 Å². The van der Waals surface area contributed by atoms with E-state index in [-0.39, 0.29) is 24.0 Å². The van der Waals surface area contributed by atoms with E-state index in [2.05, 4.69) is 15.3 Å². The summed E-state index contributed by atoms with van der Waals surface area (Å²) in [5, 5.41) is 3.62. The first-order chi connectivity index (χ1) is 15.8. The van der Waals surface area contributed by atoms with E-state index >= 15 is 0 Å². The monoisotopic (exact) mass is 490 g/mol. The van der Waals surface area contributed by atoms with Gasteiger partial charge in [-0.3, -0.25) is 4.79 Å². The number of carbonyl (C=O) groups is 1. The van der Waals surface area contributed by atoms with Crippen molar-refractivity contribution in [2.45, 2.75) is 37.8 Å². The molecule has 0 aliphatic carbocycles. The second kappa shape index (κ2) is 9.72. The molecular formula is C22H26N4O5S2. The second-order valence-electron chi connectivity index (χ2n) is 7.76. The molecule has 11 heteroatoms. The first-order valence-corrected chi connectivity index (χ1v) is 12.8. The van der Waals surface area contributed by atoms with Gasteiger partial charge in [-0.25, -0.2) is 13.4 Å². The Morgan fingerprint density at radius 1 is 1.15 bits per heavy atom. The number of hydrogen-bond acceptors (Lipinski definition) is 8. The Morgan fingerprint density at radius 3 is 2.48 bits per heavy atom. The van der Waals surface area contributed by atoms with Gasteiger partial charge in [0.25, 0.3) is 5.91 Å². The Kier molecular flexibility index (Phi) is 6.94. The molecule has 33 heavy (non-hydrogen) atoms. The predicted octanol–water partition coefficient (Wildman–Crippen LogP) is 2.87. The minimum atomic E-state index is -3.45. The highest BCUT2D eigenvalue weighted by molar-refractivity contribution is 7.89. The molecule has 1 N–H and O–H groups in total. The molecule has 1 amide bonds. The summed E-state index contributed by atoms with van der Waals surface area (Å²) in [6.07, 6.45) is 1.79. The van der Waals surface area contributed by atoms with E-state index in [0.29, 0.717) is 39.9 Å². The van der Waals surface area contributed by atoms with E-state index in [4.69, 9.17) is 9.47 Å². The first kappa shape index (κ1) is 23.6. The Morgan fingerprint density at radius 2 is 1.85 bits per heavy atom. The zero-order valence-electron chi connectivity index (χ0n) is 18.8. The summed E-state index contributed by atoms with van der Waals surface area (Å²) >= 11 is 1.27. The summed E-state index contributed by atoms with van der Waals surface area (Å²) in [6, 6.07) is 6.65. The number of benzene rings is 1. The Labute approximate surface area is 196 Å². The van der Waals surface area contributed by atoms with Crippen molar-refractivity contribution in [3.63, 3.8) is 0 Å². The predicted molar refractivity (Wildman–Crippen MR) is 125 cm³/mol. The van der Waals surface area contributed by atoms with Gasteiger partial charge in [-0.05, 0) is 43.0 Å². The Hall–Kier alpha value is -2.60. The summed E-state index contributed by atoms with van der Waals surface area (Å²) in [5.74, 6) is 0.660. The van der Waals surface area contributed by atoms with Gasteiger partial charge in [0.1, 0.15) is 11.4 Å². The number of carbonyl (C=O) groups excluding carboxylic acids is 1. The van der Waals surface area contributed by atoms with Gasteiger partial charge in [0, 0.05) is 26.7 Å². The van der Waals surface area contributed by atoms with E-state index in [1.807, 2.05) is 6.92 Å². The van der Waals surface area contributed by atoms with Crippen LogP contribution in [-0.4, -0.2) is 55.9 Å². The van der Waals surface area contributed by atoms with Crippen LogP contribution in [0.3, 0.4) is 0 Å². The molecule has 9 nitrogen and oxygen atoms in total. The summed E-state index contributed by atoms with van der Waals surface area (Å²) in [5.41, 5.74) is 1.56. The van der Waals surface area contributed by atoms with E-state index in [9.17, 15) is 13.2 Å². The standard InChI is InChI=1S/C22H26N4O5S2/c1-14-18-21(31-3)24-17(13-30-2)25-22(18)32-19(14)20(27)23-12-15-6-8-16(9-7-15)33(28,29)26-10-4-5-11-26/h6-9H,4-5,10-13H2,1-3H3,(H,23,27). The number of nitrogens with one attached hydrogen (secondary N) is 1. The van der Waals surface area contributed by atoms with Gasteiger partial charge < -0.3 is 14.8 Å². The maximum Gasteiger partial charge on any atom is 0.261 e. The number of ether oxygens (including phenoxy) is 2. The van der Waals surface area contributed by atoms with E-state index < -0.39 is 10.0 Å². The Bertz CT molecular complexity index is 1270. The van der Waals surface area contributed by atoms with Crippen molar-refractivity contribution in [1.82, 2.24) is 19.6 Å². The fourth-order valence-corrected chi connectivity index (χ4v) is 6.45. The first-order valence-electron chi connectivity index (χ1n) is 10.6. The number of rotatable bonds is 8. The van der Waals surface area contributed by atoms with Gasteiger partial charge in [-0.1, -0.05) is 12.1 Å². The zero-order chi connectivity index (χ0) is 23.6. The molecule has 3 aromatic rings. The minimum Gasteiger partial charge on any atom is -0.480 e. The fourth-order valence-electron chi connectivity index (χ4n) is 3.82. The average Bonchev–Trinajstić information content (AvgIpc) is 3.47. The van der Waals surface area contributed by atoms with Crippen LogP contribution < -0.4 is 10.1 Å². The van der Waals surface area contributed by atoms with Crippen molar-refractivity contribution in [2.75, 3.05) is 27.3 Å². The zero-order valence-corrected chi connectivity index (χ0v) is 20.4. The lowest BCUT2D eigenvalue weighted by Crippen LogP contribution is -2.27. The minimum absolute atomic E-state index is 0.236. The van der Waals surface area contributed by atoms with Crippen LogP contribution in [0.2, 0.25) is 0 Å². The third-order valence-electron chi connectivity index (χ3n) is 5.56. The van der Waals surface area contributed by atoms with Gasteiger partial charge in [-0.2, -0.15) is 9.29 Å². The smallest absolute Gasteiger partial charge is 0.261 e. The van der Waals surface area contributed by atoms with Crippen LogP contribution in [0.4, 0.5) is 0 Å². The Balaban J connectivity index is 1.49. The molecule has 1 fully saturated rings. The average molecular weight is 491 g/mol. The van der Waals surface area contributed by atoms with Crippen molar-refractivity contribution in [3.8, 4) is 5.88 Å². The summed E-state index contributed by atoms with van der Waals surface area (Å²) in [4.78, 5) is 23.2. The maximum absolute atomic E-state index is 12.9. The van der Waals surface area contributed by atoms with Crippen molar-refractivity contribution >= 4 is 37.5 Å². The number of sulfonamides is 1. The molecule has 1 aliphatic heterocycles. The van der Waals surface area contributed by atoms with Crippen LogP contribution in [0.5, 0.6) is 5.88 Å². The van der Waals surface area contributed by atoms with Crippen LogP contribution >= 0.6 is 11.3 Å². The van der Waals surface area contributed by atoms with E-state index in [1.54, 1.807) is 31.4 Å². The number of thiophene rings is 1. The molecule has 1 aliphatic rings. The lowest BCUT2D eigenvalue weighted by molar-refractivity contribution is 0.0954. The van der Waals surface area contributed by atoms with E-state index in [1.165, 1.54) is 22.8 Å². The van der Waals surface area contributed by atoms with Crippen LogP contribution in [0.25, 0.3) is 10.2 Å². The number of amides is 1. The van der Waals surface area contributed by atoms with Crippen LogP contribution in [-0.2, 0) is 27.9 Å². The van der Waals surface area contributed by atoms with Crippen molar-refractivity contribution in [3.05, 3.63) is 46.1 Å². The molecule has 0 atom stereocenters. The van der Waals surface area contributed by atoms with Crippen molar-refractivity contribution in [1.29, 1.82) is 0 Å². The third kappa shape index (κ3) is 4.72. The number of aromatic nitrogens is 2. The molecule has 0 saturated carbocycles. The second-order valence-corrected chi connectivity index (χ2v) is 10.7. The molecule has 176 valence electrons. The number of hydrogen-bond donors (Lipinski definition) is 1. The molecule has 0 radical (unpaired) electrons. The van der Waals surface area contributed by atoms with Gasteiger partial charge in [0.05, 0.1) is 22.3 Å². The highest BCUT2D eigenvalue weighted by atomic mass is 32.2.